The van der Waals surface area contributed by atoms with Gasteiger partial charge in [-0.25, -0.2) is 4.39 Å². The van der Waals surface area contributed by atoms with Crippen LogP contribution in [0.3, 0.4) is 0 Å². The summed E-state index contributed by atoms with van der Waals surface area (Å²) in [6.45, 7) is 0.456. The van der Waals surface area contributed by atoms with Crippen molar-refractivity contribution in [3.05, 3.63) is 83.7 Å². The molecule has 7 heteroatoms. The van der Waals surface area contributed by atoms with E-state index in [1.165, 1.54) is 12.1 Å². The Morgan fingerprint density at radius 3 is 2.24 bits per heavy atom. The Morgan fingerprint density at radius 1 is 0.848 bits per heavy atom. The summed E-state index contributed by atoms with van der Waals surface area (Å²) in [5.41, 5.74) is 1.69. The molecule has 1 aliphatic rings. The van der Waals surface area contributed by atoms with Gasteiger partial charge in [0.1, 0.15) is 23.4 Å². The maximum Gasteiger partial charge on any atom is 0.266 e. The number of amides is 1. The number of hydrogen-bond donors (Lipinski definition) is 0. The molecule has 0 aromatic heterocycles. The lowest BCUT2D eigenvalue weighted by molar-refractivity contribution is -0.164. The van der Waals surface area contributed by atoms with Crippen LogP contribution in [-0.2, 0) is 11.2 Å². The smallest absolute Gasteiger partial charge is 0.266 e. The predicted molar refractivity (Wildman–Crippen MR) is 122 cm³/mol. The molecular weight excluding hydrogens is 425 g/mol. The zero-order valence-corrected chi connectivity index (χ0v) is 18.8. The van der Waals surface area contributed by atoms with Gasteiger partial charge in [-0.3, -0.25) is 4.79 Å². The highest BCUT2D eigenvalue weighted by atomic mass is 19.1. The van der Waals surface area contributed by atoms with Gasteiger partial charge in [-0.1, -0.05) is 18.2 Å². The molecule has 0 spiro atoms. The van der Waals surface area contributed by atoms with Crippen molar-refractivity contribution in [2.45, 2.75) is 18.6 Å². The molecule has 1 fully saturated rings. The number of hydrogen-bond acceptors (Lipinski definition) is 5. The molecule has 0 N–H and O–H groups in total. The number of benzene rings is 3. The van der Waals surface area contributed by atoms with Crippen LogP contribution in [0.2, 0.25) is 0 Å². The molecule has 6 nitrogen and oxygen atoms in total. The standard InChI is InChI=1S/C26H26FNO5/c1-30-20-8-10-21(11-9-20)33-25-24(18-5-4-6-19(27)16-18)28(26(25)29)14-13-17-7-12-22(31-2)23(15-17)32-3/h4-12,15-16,24-25H,13-14H2,1-3H3/t24-,25-/m0/s1. The van der Waals surface area contributed by atoms with Crippen molar-refractivity contribution in [3.8, 4) is 23.0 Å². The van der Waals surface area contributed by atoms with Gasteiger partial charge in [0.25, 0.3) is 5.91 Å². The average molecular weight is 451 g/mol. The Hall–Kier alpha value is -3.74. The first-order chi connectivity index (χ1) is 16.0. The minimum Gasteiger partial charge on any atom is -0.497 e. The van der Waals surface area contributed by atoms with Crippen molar-refractivity contribution < 1.29 is 28.1 Å². The number of nitrogens with zero attached hydrogens (tertiary/aromatic N) is 1. The summed E-state index contributed by atoms with van der Waals surface area (Å²) in [6, 6.07) is 18.6. The van der Waals surface area contributed by atoms with E-state index >= 15 is 0 Å². The van der Waals surface area contributed by atoms with Crippen molar-refractivity contribution in [1.82, 2.24) is 4.90 Å². The minimum absolute atomic E-state index is 0.138. The number of carbonyl (C=O) groups excluding carboxylic acids is 1. The van der Waals surface area contributed by atoms with Crippen LogP contribution >= 0.6 is 0 Å². The number of halogens is 1. The average Bonchev–Trinajstić information content (AvgIpc) is 2.85. The summed E-state index contributed by atoms with van der Waals surface area (Å²) >= 11 is 0. The molecule has 33 heavy (non-hydrogen) atoms. The molecule has 3 aromatic carbocycles. The fourth-order valence-corrected chi connectivity index (χ4v) is 4.01. The molecular formula is C26H26FNO5. The second kappa shape index (κ2) is 9.81. The zero-order chi connectivity index (χ0) is 23.4. The molecule has 0 saturated carbocycles. The summed E-state index contributed by atoms with van der Waals surface area (Å²) < 4.78 is 35.8. The number of ether oxygens (including phenoxy) is 4. The van der Waals surface area contributed by atoms with Crippen LogP contribution < -0.4 is 18.9 Å². The van der Waals surface area contributed by atoms with Crippen LogP contribution in [0.15, 0.2) is 66.7 Å². The van der Waals surface area contributed by atoms with E-state index in [4.69, 9.17) is 18.9 Å². The van der Waals surface area contributed by atoms with Gasteiger partial charge in [0, 0.05) is 6.54 Å². The molecule has 172 valence electrons. The summed E-state index contributed by atoms with van der Waals surface area (Å²) in [4.78, 5) is 14.8. The summed E-state index contributed by atoms with van der Waals surface area (Å²) in [6.07, 6.45) is -0.127. The third-order valence-corrected chi connectivity index (χ3v) is 5.75. The van der Waals surface area contributed by atoms with Crippen molar-refractivity contribution in [2.24, 2.45) is 0 Å². The summed E-state index contributed by atoms with van der Waals surface area (Å²) in [7, 11) is 4.76. The second-order valence-electron chi connectivity index (χ2n) is 7.68. The van der Waals surface area contributed by atoms with Crippen LogP contribution in [0.5, 0.6) is 23.0 Å². The fraction of sp³-hybridized carbons (Fsp3) is 0.269. The number of β-lactam (4-membered cyclic amide) rings is 1. The Kier molecular flexibility index (Phi) is 6.68. The van der Waals surface area contributed by atoms with Crippen molar-refractivity contribution in [3.63, 3.8) is 0 Å². The molecule has 1 saturated heterocycles. The third-order valence-electron chi connectivity index (χ3n) is 5.75. The molecule has 4 rings (SSSR count). The normalized spacial score (nSPS) is 17.3. The lowest BCUT2D eigenvalue weighted by Crippen LogP contribution is -2.61. The second-order valence-corrected chi connectivity index (χ2v) is 7.68. The van der Waals surface area contributed by atoms with Gasteiger partial charge in [0.05, 0.1) is 21.3 Å². The first-order valence-corrected chi connectivity index (χ1v) is 10.6. The maximum absolute atomic E-state index is 14.0. The van der Waals surface area contributed by atoms with Crippen LogP contribution in [0, 0.1) is 5.82 Å². The quantitative estimate of drug-likeness (QED) is 0.451. The summed E-state index contributed by atoms with van der Waals surface area (Å²) in [5.74, 6) is 2.03. The van der Waals surface area contributed by atoms with Gasteiger partial charge < -0.3 is 23.8 Å². The molecule has 0 unspecified atom stereocenters. The molecule has 2 atom stereocenters. The molecule has 3 aromatic rings. The Balaban J connectivity index is 1.53. The van der Waals surface area contributed by atoms with Gasteiger partial charge in [-0.2, -0.15) is 0 Å². The molecule has 1 aliphatic heterocycles. The lowest BCUT2D eigenvalue weighted by atomic mass is 9.89. The SMILES string of the molecule is COc1ccc(O[C@@H]2C(=O)N(CCc3ccc(OC)c(OC)c3)[C@H]2c2cccc(F)c2)cc1. The fourth-order valence-electron chi connectivity index (χ4n) is 4.01. The molecule has 0 aliphatic carbocycles. The van der Waals surface area contributed by atoms with Gasteiger partial charge in [-0.15, -0.1) is 0 Å². The highest BCUT2D eigenvalue weighted by molar-refractivity contribution is 5.89. The van der Waals surface area contributed by atoms with Crippen LogP contribution in [0.1, 0.15) is 17.2 Å². The first-order valence-electron chi connectivity index (χ1n) is 10.6. The monoisotopic (exact) mass is 451 g/mol. The Bertz CT molecular complexity index is 1120. The number of rotatable bonds is 9. The maximum atomic E-state index is 14.0. The molecule has 0 bridgehead atoms. The largest absolute Gasteiger partial charge is 0.497 e. The van der Waals surface area contributed by atoms with E-state index in [1.54, 1.807) is 56.6 Å². The molecule has 1 heterocycles. The molecule has 0 radical (unpaired) electrons. The van der Waals surface area contributed by atoms with Crippen LogP contribution in [0.4, 0.5) is 4.39 Å². The van der Waals surface area contributed by atoms with Crippen LogP contribution in [-0.4, -0.2) is 44.8 Å². The van der Waals surface area contributed by atoms with E-state index in [-0.39, 0.29) is 11.7 Å². The topological polar surface area (TPSA) is 57.2 Å². The van der Waals surface area contributed by atoms with E-state index in [2.05, 4.69) is 0 Å². The zero-order valence-electron chi connectivity index (χ0n) is 18.8. The minimum atomic E-state index is -0.731. The van der Waals surface area contributed by atoms with E-state index in [0.29, 0.717) is 41.5 Å². The van der Waals surface area contributed by atoms with Crippen molar-refractivity contribution in [2.75, 3.05) is 27.9 Å². The number of methoxy groups -OCH3 is 3. The van der Waals surface area contributed by atoms with Gasteiger partial charge in [0.2, 0.25) is 6.10 Å². The number of likely N-dealkylation sites (tertiary alicyclic amines) is 1. The first kappa shape index (κ1) is 22.5. The molecule has 1 amide bonds. The van der Waals surface area contributed by atoms with Gasteiger partial charge in [-0.05, 0) is 66.1 Å². The highest BCUT2D eigenvalue weighted by Gasteiger charge is 2.49. The van der Waals surface area contributed by atoms with Crippen LogP contribution in [0.25, 0.3) is 0 Å². The van der Waals surface area contributed by atoms with E-state index < -0.39 is 12.1 Å². The van der Waals surface area contributed by atoms with E-state index in [1.807, 2.05) is 24.3 Å². The predicted octanol–water partition coefficient (Wildman–Crippen LogP) is 4.43. The van der Waals surface area contributed by atoms with Gasteiger partial charge >= 0.3 is 0 Å². The highest BCUT2D eigenvalue weighted by Crippen LogP contribution is 2.38. The van der Waals surface area contributed by atoms with Crippen molar-refractivity contribution >= 4 is 5.91 Å². The van der Waals surface area contributed by atoms with Crippen molar-refractivity contribution in [1.29, 1.82) is 0 Å². The summed E-state index contributed by atoms with van der Waals surface area (Å²) in [5, 5.41) is 0. The Labute approximate surface area is 192 Å². The number of carbonyl (C=O) groups is 1. The lowest BCUT2D eigenvalue weighted by Gasteiger charge is -2.47. The van der Waals surface area contributed by atoms with E-state index in [9.17, 15) is 9.18 Å². The van der Waals surface area contributed by atoms with E-state index in [0.717, 1.165) is 5.56 Å². The third kappa shape index (κ3) is 4.72. The van der Waals surface area contributed by atoms with Gasteiger partial charge in [0.15, 0.2) is 11.5 Å². The Morgan fingerprint density at radius 2 is 1.58 bits per heavy atom.